The summed E-state index contributed by atoms with van der Waals surface area (Å²) in [4.78, 5) is 10.3. The van der Waals surface area contributed by atoms with Crippen molar-refractivity contribution in [3.05, 3.63) is 43.1 Å². The van der Waals surface area contributed by atoms with Gasteiger partial charge in [-0.05, 0) is 12.1 Å². The molecule has 2 heterocycles. The Bertz CT molecular complexity index is 589. The van der Waals surface area contributed by atoms with Crippen LogP contribution in [0.3, 0.4) is 0 Å². The lowest BCUT2D eigenvalue weighted by molar-refractivity contribution is 0.563. The lowest BCUT2D eigenvalue weighted by Gasteiger charge is -2.06. The summed E-state index contributed by atoms with van der Waals surface area (Å²) >= 11 is 0. The number of nitriles is 1. The number of pyridine rings is 1. The summed E-state index contributed by atoms with van der Waals surface area (Å²) in [6.07, 6.45) is 6.86. The van der Waals surface area contributed by atoms with Gasteiger partial charge in [0.15, 0.2) is 0 Å². The van der Waals surface area contributed by atoms with E-state index < -0.39 is 0 Å². The van der Waals surface area contributed by atoms with E-state index in [1.165, 1.54) is 0 Å². The molecule has 0 saturated carbocycles. The average Bonchev–Trinajstić information content (AvgIpc) is 2.86. The van der Waals surface area contributed by atoms with Crippen LogP contribution in [0.1, 0.15) is 0 Å². The maximum absolute atomic E-state index is 9.10. The molecule has 0 aliphatic rings. The van der Waals surface area contributed by atoms with Crippen molar-refractivity contribution in [2.45, 2.75) is 0 Å². The van der Waals surface area contributed by atoms with E-state index in [0.29, 0.717) is 5.70 Å². The Morgan fingerprint density at radius 1 is 1.33 bits per heavy atom. The zero-order valence-corrected chi connectivity index (χ0v) is 10.3. The molecule has 0 aliphatic carbocycles. The van der Waals surface area contributed by atoms with E-state index in [4.69, 9.17) is 5.26 Å². The highest BCUT2D eigenvalue weighted by molar-refractivity contribution is 5.62. The van der Waals surface area contributed by atoms with Gasteiger partial charge in [0, 0.05) is 32.7 Å². The van der Waals surface area contributed by atoms with Crippen LogP contribution >= 0.6 is 0 Å². The van der Waals surface area contributed by atoms with Crippen LogP contribution in [0, 0.1) is 11.3 Å². The van der Waals surface area contributed by atoms with Gasteiger partial charge in [-0.25, -0.2) is 4.98 Å². The summed E-state index contributed by atoms with van der Waals surface area (Å²) in [5.74, 6) is 0. The minimum atomic E-state index is 0.509. The highest BCUT2D eigenvalue weighted by Crippen LogP contribution is 2.15. The molecule has 2 rings (SSSR count). The predicted molar refractivity (Wildman–Crippen MR) is 69.0 cm³/mol. The second-order valence-electron chi connectivity index (χ2n) is 3.97. The van der Waals surface area contributed by atoms with Gasteiger partial charge in [0.1, 0.15) is 23.8 Å². The Kier molecular flexibility index (Phi) is 3.39. The zero-order valence-electron chi connectivity index (χ0n) is 10.3. The van der Waals surface area contributed by atoms with Crippen LogP contribution in [0.15, 0.2) is 43.1 Å². The van der Waals surface area contributed by atoms with E-state index in [2.05, 4.69) is 16.0 Å². The highest BCUT2D eigenvalue weighted by Gasteiger charge is 2.05. The van der Waals surface area contributed by atoms with Crippen LogP contribution in [0.25, 0.3) is 17.1 Å². The minimum absolute atomic E-state index is 0.509. The Morgan fingerprint density at radius 2 is 2.17 bits per heavy atom. The first kappa shape index (κ1) is 11.9. The Morgan fingerprint density at radius 3 is 2.78 bits per heavy atom. The van der Waals surface area contributed by atoms with Crippen molar-refractivity contribution >= 4 is 5.70 Å². The molecule has 18 heavy (non-hydrogen) atoms. The molecule has 0 radical (unpaired) electrons. The van der Waals surface area contributed by atoms with Crippen LogP contribution in [-0.4, -0.2) is 33.5 Å². The van der Waals surface area contributed by atoms with Crippen molar-refractivity contribution < 1.29 is 0 Å². The normalized spacial score (nSPS) is 11.1. The molecule has 2 aromatic heterocycles. The van der Waals surface area contributed by atoms with Gasteiger partial charge in [-0.15, -0.1) is 0 Å². The van der Waals surface area contributed by atoms with Gasteiger partial charge in [0.05, 0.1) is 5.69 Å². The van der Waals surface area contributed by atoms with Gasteiger partial charge in [-0.2, -0.15) is 5.26 Å². The SMILES string of the molecule is CN(C)C=C(C#N)n1cnc(-c2ccccn2)c1. The molecule has 0 unspecified atom stereocenters. The summed E-state index contributed by atoms with van der Waals surface area (Å²) in [7, 11) is 3.74. The molecule has 0 fully saturated rings. The third kappa shape index (κ3) is 2.55. The Balaban J connectivity index is 2.34. The maximum atomic E-state index is 9.10. The third-order valence-corrected chi connectivity index (χ3v) is 2.28. The zero-order chi connectivity index (χ0) is 13.0. The van der Waals surface area contributed by atoms with Gasteiger partial charge in [-0.1, -0.05) is 6.07 Å². The summed E-state index contributed by atoms with van der Waals surface area (Å²) in [5, 5.41) is 9.10. The fraction of sp³-hybridized carbons (Fsp3) is 0.154. The molecule has 0 spiro atoms. The number of imidazole rings is 1. The molecule has 90 valence electrons. The van der Waals surface area contributed by atoms with Crippen molar-refractivity contribution in [3.8, 4) is 17.5 Å². The van der Waals surface area contributed by atoms with E-state index in [-0.39, 0.29) is 0 Å². The first-order valence-corrected chi connectivity index (χ1v) is 5.45. The van der Waals surface area contributed by atoms with Crippen LogP contribution in [-0.2, 0) is 0 Å². The number of rotatable bonds is 3. The summed E-state index contributed by atoms with van der Waals surface area (Å²) in [6, 6.07) is 7.78. The van der Waals surface area contributed by atoms with Gasteiger partial charge in [0.25, 0.3) is 0 Å². The monoisotopic (exact) mass is 239 g/mol. The Labute approximate surface area is 106 Å². The number of aromatic nitrogens is 3. The van der Waals surface area contributed by atoms with Gasteiger partial charge >= 0.3 is 0 Å². The highest BCUT2D eigenvalue weighted by atomic mass is 15.1. The second-order valence-corrected chi connectivity index (χ2v) is 3.97. The van der Waals surface area contributed by atoms with E-state index in [1.807, 2.05) is 37.2 Å². The lowest BCUT2D eigenvalue weighted by atomic mass is 10.3. The lowest BCUT2D eigenvalue weighted by Crippen LogP contribution is -2.04. The summed E-state index contributed by atoms with van der Waals surface area (Å²) in [5.41, 5.74) is 2.04. The van der Waals surface area contributed by atoms with E-state index in [0.717, 1.165) is 11.4 Å². The van der Waals surface area contributed by atoms with Crippen molar-refractivity contribution in [2.75, 3.05) is 14.1 Å². The van der Waals surface area contributed by atoms with Crippen molar-refractivity contribution in [3.63, 3.8) is 0 Å². The van der Waals surface area contributed by atoms with Crippen molar-refractivity contribution in [1.29, 1.82) is 5.26 Å². The van der Waals surface area contributed by atoms with Crippen LogP contribution in [0.2, 0.25) is 0 Å². The molecule has 5 heteroatoms. The standard InChI is InChI=1S/C13H13N5/c1-17(2)8-11(7-14)18-9-13(16-10-18)12-5-3-4-6-15-12/h3-6,8-10H,1-2H3. The van der Waals surface area contributed by atoms with Crippen LogP contribution < -0.4 is 0 Å². The molecule has 0 saturated heterocycles. The van der Waals surface area contributed by atoms with Crippen molar-refractivity contribution in [2.24, 2.45) is 0 Å². The number of hydrogen-bond acceptors (Lipinski definition) is 4. The molecule has 0 N–H and O–H groups in total. The Hall–Kier alpha value is -2.61. The number of nitrogens with zero attached hydrogens (tertiary/aromatic N) is 5. The van der Waals surface area contributed by atoms with E-state index in [1.54, 1.807) is 29.5 Å². The fourth-order valence-electron chi connectivity index (χ4n) is 1.50. The summed E-state index contributed by atoms with van der Waals surface area (Å²) < 4.78 is 1.68. The first-order chi connectivity index (χ1) is 8.70. The van der Waals surface area contributed by atoms with Crippen LogP contribution in [0.5, 0.6) is 0 Å². The molecule has 0 aromatic carbocycles. The predicted octanol–water partition coefficient (Wildman–Crippen LogP) is 1.83. The molecule has 0 atom stereocenters. The molecule has 2 aromatic rings. The van der Waals surface area contributed by atoms with E-state index in [9.17, 15) is 0 Å². The van der Waals surface area contributed by atoms with Gasteiger partial charge < -0.3 is 4.90 Å². The molecular formula is C13H13N5. The third-order valence-electron chi connectivity index (χ3n) is 2.28. The van der Waals surface area contributed by atoms with Crippen LogP contribution in [0.4, 0.5) is 0 Å². The van der Waals surface area contributed by atoms with Crippen molar-refractivity contribution in [1.82, 2.24) is 19.4 Å². The summed E-state index contributed by atoms with van der Waals surface area (Å²) in [6.45, 7) is 0. The molecular weight excluding hydrogens is 226 g/mol. The number of hydrogen-bond donors (Lipinski definition) is 0. The minimum Gasteiger partial charge on any atom is -0.381 e. The second kappa shape index (κ2) is 5.15. The smallest absolute Gasteiger partial charge is 0.141 e. The van der Waals surface area contributed by atoms with E-state index >= 15 is 0 Å². The number of allylic oxidation sites excluding steroid dienone is 1. The van der Waals surface area contributed by atoms with Gasteiger partial charge in [0.2, 0.25) is 0 Å². The average molecular weight is 239 g/mol. The molecule has 0 bridgehead atoms. The molecule has 0 aliphatic heterocycles. The molecule has 5 nitrogen and oxygen atoms in total. The fourth-order valence-corrected chi connectivity index (χ4v) is 1.50. The largest absolute Gasteiger partial charge is 0.381 e. The molecule has 0 amide bonds. The maximum Gasteiger partial charge on any atom is 0.141 e. The van der Waals surface area contributed by atoms with Gasteiger partial charge in [-0.3, -0.25) is 9.55 Å². The first-order valence-electron chi connectivity index (χ1n) is 5.45. The topological polar surface area (TPSA) is 57.7 Å². The quantitative estimate of drug-likeness (QED) is 0.767.